The minimum Gasteiger partial charge on any atom is -0.467 e. The fourth-order valence-electron chi connectivity index (χ4n) is 3.28. The molecule has 4 rings (SSSR count). The van der Waals surface area contributed by atoms with Crippen molar-refractivity contribution in [3.05, 3.63) is 41.1 Å². The van der Waals surface area contributed by atoms with E-state index in [2.05, 4.69) is 55.7 Å². The number of fused-ring (bicyclic) bond motifs is 1. The SMILES string of the molecule is COc1nc2c(c(N3CCNCC3)n1)CN(Sc1ccccc1C)C2. The van der Waals surface area contributed by atoms with E-state index in [1.54, 1.807) is 19.1 Å². The molecule has 1 aromatic carbocycles. The van der Waals surface area contributed by atoms with E-state index >= 15 is 0 Å². The maximum Gasteiger partial charge on any atom is 0.318 e. The second-order valence-corrected chi connectivity index (χ2v) is 7.49. The summed E-state index contributed by atoms with van der Waals surface area (Å²) < 4.78 is 7.71. The molecule has 0 saturated carbocycles. The number of hydrogen-bond acceptors (Lipinski definition) is 7. The number of anilines is 1. The largest absolute Gasteiger partial charge is 0.467 e. The van der Waals surface area contributed by atoms with Gasteiger partial charge in [0.05, 0.1) is 19.3 Å². The minimum absolute atomic E-state index is 0.468. The van der Waals surface area contributed by atoms with Crippen molar-refractivity contribution >= 4 is 17.8 Å². The van der Waals surface area contributed by atoms with Gasteiger partial charge >= 0.3 is 6.01 Å². The van der Waals surface area contributed by atoms with Gasteiger partial charge in [0, 0.05) is 43.2 Å². The Morgan fingerprint density at radius 1 is 1.12 bits per heavy atom. The van der Waals surface area contributed by atoms with Crippen LogP contribution in [0.2, 0.25) is 0 Å². The summed E-state index contributed by atoms with van der Waals surface area (Å²) in [6.45, 7) is 7.74. The minimum atomic E-state index is 0.468. The number of aromatic nitrogens is 2. The van der Waals surface area contributed by atoms with Crippen LogP contribution in [0.5, 0.6) is 6.01 Å². The van der Waals surface area contributed by atoms with Crippen molar-refractivity contribution in [3.63, 3.8) is 0 Å². The van der Waals surface area contributed by atoms with Crippen LogP contribution in [0.1, 0.15) is 16.8 Å². The Kier molecular flexibility index (Phi) is 4.78. The molecule has 0 unspecified atom stereocenters. The number of benzene rings is 1. The molecule has 2 aliphatic rings. The van der Waals surface area contributed by atoms with E-state index in [1.165, 1.54) is 16.0 Å². The summed E-state index contributed by atoms with van der Waals surface area (Å²) in [6, 6.07) is 8.97. The smallest absolute Gasteiger partial charge is 0.318 e. The van der Waals surface area contributed by atoms with Gasteiger partial charge in [-0.3, -0.25) is 0 Å². The second kappa shape index (κ2) is 7.19. The predicted octanol–water partition coefficient (Wildman–Crippen LogP) is 2.23. The number of aryl methyl sites for hydroxylation is 1. The van der Waals surface area contributed by atoms with Crippen LogP contribution in [0.3, 0.4) is 0 Å². The van der Waals surface area contributed by atoms with E-state index in [0.717, 1.165) is 50.8 Å². The van der Waals surface area contributed by atoms with Crippen LogP contribution in [0.25, 0.3) is 0 Å². The number of ether oxygens (including phenoxy) is 1. The highest BCUT2D eigenvalue weighted by Crippen LogP contribution is 2.37. The lowest BCUT2D eigenvalue weighted by atomic mass is 10.2. The molecule has 7 heteroatoms. The van der Waals surface area contributed by atoms with Crippen LogP contribution in [0.15, 0.2) is 29.2 Å². The Morgan fingerprint density at radius 2 is 1.92 bits per heavy atom. The third-order valence-corrected chi connectivity index (χ3v) is 5.80. The third-order valence-electron chi connectivity index (χ3n) is 4.63. The van der Waals surface area contributed by atoms with Crippen molar-refractivity contribution < 1.29 is 4.74 Å². The lowest BCUT2D eigenvalue weighted by Gasteiger charge is -2.29. The Bertz CT molecular complexity index is 763. The first-order valence-corrected chi connectivity index (χ1v) is 9.40. The molecular formula is C18H23N5OS. The zero-order chi connectivity index (χ0) is 17.2. The molecule has 0 spiro atoms. The summed E-state index contributed by atoms with van der Waals surface area (Å²) in [5, 5.41) is 3.40. The van der Waals surface area contributed by atoms with Gasteiger partial charge in [-0.25, -0.2) is 4.31 Å². The average molecular weight is 357 g/mol. The summed E-state index contributed by atoms with van der Waals surface area (Å²) in [5.74, 6) is 1.04. The Morgan fingerprint density at radius 3 is 2.68 bits per heavy atom. The van der Waals surface area contributed by atoms with E-state index in [-0.39, 0.29) is 0 Å². The molecule has 1 aromatic heterocycles. The Balaban J connectivity index is 1.60. The lowest BCUT2D eigenvalue weighted by molar-refractivity contribution is 0.377. The molecule has 132 valence electrons. The summed E-state index contributed by atoms with van der Waals surface area (Å²) in [5.41, 5.74) is 3.62. The van der Waals surface area contributed by atoms with Crippen molar-refractivity contribution in [2.45, 2.75) is 24.9 Å². The zero-order valence-corrected chi connectivity index (χ0v) is 15.5. The van der Waals surface area contributed by atoms with Crippen LogP contribution in [0, 0.1) is 6.92 Å². The first-order chi connectivity index (χ1) is 12.2. The molecule has 1 saturated heterocycles. The number of nitrogens with zero attached hydrogens (tertiary/aromatic N) is 4. The molecule has 6 nitrogen and oxygen atoms in total. The zero-order valence-electron chi connectivity index (χ0n) is 14.7. The van der Waals surface area contributed by atoms with Gasteiger partial charge in [0.25, 0.3) is 0 Å². The van der Waals surface area contributed by atoms with Crippen LogP contribution < -0.4 is 15.0 Å². The third kappa shape index (κ3) is 3.44. The summed E-state index contributed by atoms with van der Waals surface area (Å²) in [7, 11) is 1.64. The number of piperazine rings is 1. The quantitative estimate of drug-likeness (QED) is 0.842. The molecule has 2 aliphatic heterocycles. The van der Waals surface area contributed by atoms with Crippen LogP contribution >= 0.6 is 11.9 Å². The highest BCUT2D eigenvalue weighted by Gasteiger charge is 2.29. The number of hydrogen-bond donors (Lipinski definition) is 1. The molecule has 25 heavy (non-hydrogen) atoms. The summed E-state index contributed by atoms with van der Waals surface area (Å²) in [6.07, 6.45) is 0. The normalized spacial score (nSPS) is 17.6. The van der Waals surface area contributed by atoms with E-state index < -0.39 is 0 Å². The van der Waals surface area contributed by atoms with Crippen molar-refractivity contribution in [2.24, 2.45) is 0 Å². The molecule has 1 fully saturated rings. The lowest BCUT2D eigenvalue weighted by Crippen LogP contribution is -2.44. The molecule has 3 heterocycles. The van der Waals surface area contributed by atoms with Gasteiger partial charge in [-0.05, 0) is 30.5 Å². The highest BCUT2D eigenvalue weighted by molar-refractivity contribution is 7.97. The average Bonchev–Trinajstić information content (AvgIpc) is 3.06. The van der Waals surface area contributed by atoms with Gasteiger partial charge in [-0.2, -0.15) is 9.97 Å². The van der Waals surface area contributed by atoms with Crippen LogP contribution in [0.4, 0.5) is 5.82 Å². The van der Waals surface area contributed by atoms with Crippen molar-refractivity contribution in [1.82, 2.24) is 19.6 Å². The Labute approximate surface area is 152 Å². The van der Waals surface area contributed by atoms with Crippen LogP contribution in [-0.4, -0.2) is 47.6 Å². The first kappa shape index (κ1) is 16.6. The maximum atomic E-state index is 5.35. The second-order valence-electron chi connectivity index (χ2n) is 6.35. The van der Waals surface area contributed by atoms with Crippen molar-refractivity contribution in [2.75, 3.05) is 38.2 Å². The van der Waals surface area contributed by atoms with Crippen LogP contribution in [-0.2, 0) is 13.1 Å². The van der Waals surface area contributed by atoms with Gasteiger partial charge in [0.2, 0.25) is 0 Å². The van der Waals surface area contributed by atoms with Gasteiger partial charge in [0.1, 0.15) is 5.82 Å². The number of rotatable bonds is 4. The fourth-order valence-corrected chi connectivity index (χ4v) is 4.29. The Hall–Kier alpha value is -1.83. The molecule has 0 aliphatic carbocycles. The molecular weight excluding hydrogens is 334 g/mol. The molecule has 0 bridgehead atoms. The monoisotopic (exact) mass is 357 g/mol. The molecule has 1 N–H and O–H groups in total. The van der Waals surface area contributed by atoms with Gasteiger partial charge in [0.15, 0.2) is 0 Å². The molecule has 2 aromatic rings. The van der Waals surface area contributed by atoms with E-state index in [4.69, 9.17) is 4.74 Å². The van der Waals surface area contributed by atoms with E-state index in [0.29, 0.717) is 6.01 Å². The molecule has 0 amide bonds. The number of nitrogens with one attached hydrogen (secondary N) is 1. The maximum absolute atomic E-state index is 5.35. The predicted molar refractivity (Wildman–Crippen MR) is 99.9 cm³/mol. The standard InChI is InChI=1S/C18H23N5OS/c1-13-5-3-4-6-16(13)25-23-11-14-15(12-23)20-18(24-2)21-17(14)22-9-7-19-8-10-22/h3-6,19H,7-12H2,1-2H3. The van der Waals surface area contributed by atoms with Gasteiger partial charge in [-0.15, -0.1) is 0 Å². The topological polar surface area (TPSA) is 53.5 Å². The highest BCUT2D eigenvalue weighted by atomic mass is 32.2. The van der Waals surface area contributed by atoms with E-state index in [9.17, 15) is 0 Å². The molecule has 0 radical (unpaired) electrons. The first-order valence-electron chi connectivity index (χ1n) is 8.62. The van der Waals surface area contributed by atoms with Crippen molar-refractivity contribution in [3.8, 4) is 6.01 Å². The van der Waals surface area contributed by atoms with Gasteiger partial charge in [-0.1, -0.05) is 18.2 Å². The molecule has 0 atom stereocenters. The summed E-state index contributed by atoms with van der Waals surface area (Å²) >= 11 is 1.80. The summed E-state index contributed by atoms with van der Waals surface area (Å²) in [4.78, 5) is 12.9. The number of methoxy groups -OCH3 is 1. The van der Waals surface area contributed by atoms with E-state index in [1.807, 2.05) is 0 Å². The fraction of sp³-hybridized carbons (Fsp3) is 0.444. The van der Waals surface area contributed by atoms with Gasteiger partial charge < -0.3 is 15.0 Å². The van der Waals surface area contributed by atoms with Crippen molar-refractivity contribution in [1.29, 1.82) is 0 Å².